The van der Waals surface area contributed by atoms with Crippen molar-refractivity contribution in [1.82, 2.24) is 14.6 Å². The summed E-state index contributed by atoms with van der Waals surface area (Å²) in [4.78, 5) is 4.42. The molecule has 1 N–H and O–H groups in total. The van der Waals surface area contributed by atoms with Gasteiger partial charge in [0.2, 0.25) is 5.95 Å². The molecule has 4 nitrogen and oxygen atoms in total. The Kier molecular flexibility index (Phi) is 2.67. The van der Waals surface area contributed by atoms with Gasteiger partial charge in [0.1, 0.15) is 0 Å². The van der Waals surface area contributed by atoms with Gasteiger partial charge >= 0.3 is 0 Å². The fourth-order valence-corrected chi connectivity index (χ4v) is 2.34. The first-order chi connectivity index (χ1) is 8.22. The van der Waals surface area contributed by atoms with E-state index in [0.29, 0.717) is 17.0 Å². The third-order valence-electron chi connectivity index (χ3n) is 3.51. The number of anilines is 1. The van der Waals surface area contributed by atoms with Crippen LogP contribution in [0.25, 0.3) is 5.65 Å². The van der Waals surface area contributed by atoms with Gasteiger partial charge in [0.15, 0.2) is 5.65 Å². The van der Waals surface area contributed by atoms with Crippen LogP contribution in [0.4, 0.5) is 5.95 Å². The third-order valence-corrected chi connectivity index (χ3v) is 3.73. The summed E-state index contributed by atoms with van der Waals surface area (Å²) >= 11 is 5.91. The summed E-state index contributed by atoms with van der Waals surface area (Å²) in [5.41, 5.74) is 0.817. The molecule has 1 aliphatic rings. The maximum absolute atomic E-state index is 5.91. The highest BCUT2D eigenvalue weighted by Gasteiger charge is 2.24. The van der Waals surface area contributed by atoms with Crippen molar-refractivity contribution < 1.29 is 0 Å². The van der Waals surface area contributed by atoms with Crippen molar-refractivity contribution in [3.8, 4) is 0 Å². The molecule has 0 bridgehead atoms. The van der Waals surface area contributed by atoms with Gasteiger partial charge < -0.3 is 5.32 Å². The number of rotatable bonds is 3. The minimum absolute atomic E-state index is 0.441. The number of hydrogen-bond donors (Lipinski definition) is 1. The summed E-state index contributed by atoms with van der Waals surface area (Å²) in [5, 5.41) is 8.40. The summed E-state index contributed by atoms with van der Waals surface area (Å²) in [5.74, 6) is 1.46. The van der Waals surface area contributed by atoms with Crippen molar-refractivity contribution in [1.29, 1.82) is 0 Å². The molecule has 17 heavy (non-hydrogen) atoms. The van der Waals surface area contributed by atoms with Crippen molar-refractivity contribution in [3.63, 3.8) is 0 Å². The first-order valence-corrected chi connectivity index (χ1v) is 6.38. The number of halogens is 1. The Morgan fingerprint density at radius 1 is 1.47 bits per heavy atom. The first kappa shape index (κ1) is 10.8. The summed E-state index contributed by atoms with van der Waals surface area (Å²) in [6, 6.07) is 4.14. The Balaban J connectivity index is 1.80. The molecule has 3 rings (SSSR count). The van der Waals surface area contributed by atoms with Gasteiger partial charge in [-0.3, -0.25) is 0 Å². The molecule has 2 heterocycles. The zero-order valence-electron chi connectivity index (χ0n) is 9.73. The van der Waals surface area contributed by atoms with Crippen LogP contribution in [0.1, 0.15) is 26.2 Å². The minimum Gasteiger partial charge on any atom is -0.350 e. The quantitative estimate of drug-likeness (QED) is 0.911. The maximum Gasteiger partial charge on any atom is 0.243 e. The number of nitrogens with zero attached hydrogens (tertiary/aromatic N) is 3. The van der Waals surface area contributed by atoms with Crippen LogP contribution in [0.5, 0.6) is 0 Å². The molecule has 1 fully saturated rings. The first-order valence-electron chi connectivity index (χ1n) is 6.01. The fourth-order valence-electron chi connectivity index (χ4n) is 2.18. The predicted molar refractivity (Wildman–Crippen MR) is 68.4 cm³/mol. The normalized spacial score (nSPS) is 18.0. The van der Waals surface area contributed by atoms with Crippen LogP contribution in [0.2, 0.25) is 5.02 Å². The van der Waals surface area contributed by atoms with E-state index in [1.54, 1.807) is 10.7 Å². The third kappa shape index (κ3) is 2.09. The Morgan fingerprint density at radius 3 is 3.00 bits per heavy atom. The zero-order chi connectivity index (χ0) is 11.8. The van der Waals surface area contributed by atoms with Gasteiger partial charge in [-0.2, -0.15) is 4.98 Å². The van der Waals surface area contributed by atoms with E-state index in [1.807, 2.05) is 12.1 Å². The molecule has 0 aliphatic heterocycles. The van der Waals surface area contributed by atoms with E-state index in [-0.39, 0.29) is 0 Å². The number of fused-ring (bicyclic) bond motifs is 1. The van der Waals surface area contributed by atoms with E-state index in [4.69, 9.17) is 11.6 Å². The number of aromatic nitrogens is 3. The molecular weight excluding hydrogens is 236 g/mol. The van der Waals surface area contributed by atoms with Crippen LogP contribution in [-0.4, -0.2) is 20.6 Å². The lowest BCUT2D eigenvalue weighted by Crippen LogP contribution is -2.31. The number of pyridine rings is 1. The molecule has 1 unspecified atom stereocenters. The van der Waals surface area contributed by atoms with Gasteiger partial charge in [-0.15, -0.1) is 5.10 Å². The van der Waals surface area contributed by atoms with Gasteiger partial charge in [0.05, 0.1) is 5.02 Å². The predicted octanol–water partition coefficient (Wildman–Crippen LogP) is 2.98. The van der Waals surface area contributed by atoms with Gasteiger partial charge in [-0.1, -0.05) is 18.0 Å². The van der Waals surface area contributed by atoms with Crippen LogP contribution in [-0.2, 0) is 0 Å². The Hall–Kier alpha value is -1.29. The smallest absolute Gasteiger partial charge is 0.243 e. The standard InChI is InChI=1S/C12H15ClN4/c1-8(9-3-2-4-9)14-12-15-11-6-5-10(13)7-17(11)16-12/h5-9H,2-4H2,1H3,(H,14,16). The average molecular weight is 251 g/mol. The molecule has 0 amide bonds. The Bertz CT molecular complexity index is 532. The number of nitrogens with one attached hydrogen (secondary N) is 1. The second-order valence-corrected chi connectivity index (χ2v) is 5.15. The maximum atomic E-state index is 5.91. The molecule has 1 saturated carbocycles. The fraction of sp³-hybridized carbons (Fsp3) is 0.500. The highest BCUT2D eigenvalue weighted by Crippen LogP contribution is 2.30. The van der Waals surface area contributed by atoms with Crippen molar-refractivity contribution >= 4 is 23.2 Å². The second kappa shape index (κ2) is 4.18. The molecule has 2 aromatic rings. The van der Waals surface area contributed by atoms with Crippen LogP contribution in [0, 0.1) is 5.92 Å². The molecule has 0 aromatic carbocycles. The molecular formula is C12H15ClN4. The largest absolute Gasteiger partial charge is 0.350 e. The minimum atomic E-state index is 0.441. The molecule has 0 radical (unpaired) electrons. The van der Waals surface area contributed by atoms with Crippen molar-refractivity contribution in [2.24, 2.45) is 5.92 Å². The van der Waals surface area contributed by atoms with Crippen molar-refractivity contribution in [3.05, 3.63) is 23.4 Å². The van der Waals surface area contributed by atoms with Gasteiger partial charge in [0.25, 0.3) is 0 Å². The Morgan fingerprint density at radius 2 is 2.29 bits per heavy atom. The highest BCUT2D eigenvalue weighted by molar-refractivity contribution is 6.30. The molecule has 1 atom stereocenters. The average Bonchev–Trinajstić information content (AvgIpc) is 2.55. The van der Waals surface area contributed by atoms with Crippen LogP contribution >= 0.6 is 11.6 Å². The van der Waals surface area contributed by atoms with E-state index in [1.165, 1.54) is 19.3 Å². The lowest BCUT2D eigenvalue weighted by atomic mass is 9.80. The highest BCUT2D eigenvalue weighted by atomic mass is 35.5. The second-order valence-electron chi connectivity index (χ2n) is 4.71. The lowest BCUT2D eigenvalue weighted by Gasteiger charge is -2.31. The Labute approximate surface area is 105 Å². The van der Waals surface area contributed by atoms with Crippen molar-refractivity contribution in [2.45, 2.75) is 32.2 Å². The van der Waals surface area contributed by atoms with E-state index in [0.717, 1.165) is 11.6 Å². The molecule has 5 heteroatoms. The molecule has 2 aromatic heterocycles. The number of hydrogen-bond acceptors (Lipinski definition) is 3. The van der Waals surface area contributed by atoms with Crippen LogP contribution in [0.15, 0.2) is 18.3 Å². The zero-order valence-corrected chi connectivity index (χ0v) is 10.5. The summed E-state index contributed by atoms with van der Waals surface area (Å²) in [6.07, 6.45) is 5.74. The van der Waals surface area contributed by atoms with Crippen molar-refractivity contribution in [2.75, 3.05) is 5.32 Å². The van der Waals surface area contributed by atoms with E-state index >= 15 is 0 Å². The van der Waals surface area contributed by atoms with E-state index in [9.17, 15) is 0 Å². The lowest BCUT2D eigenvalue weighted by molar-refractivity contribution is 0.284. The van der Waals surface area contributed by atoms with E-state index in [2.05, 4.69) is 22.3 Å². The summed E-state index contributed by atoms with van der Waals surface area (Å²) in [7, 11) is 0. The SMILES string of the molecule is CC(Nc1nc2ccc(Cl)cn2n1)C1CCC1. The summed E-state index contributed by atoms with van der Waals surface area (Å²) < 4.78 is 1.71. The molecule has 1 aliphatic carbocycles. The van der Waals surface area contributed by atoms with Gasteiger partial charge in [-0.25, -0.2) is 4.52 Å². The summed E-state index contributed by atoms with van der Waals surface area (Å²) in [6.45, 7) is 2.20. The van der Waals surface area contributed by atoms with Crippen LogP contribution < -0.4 is 5.32 Å². The van der Waals surface area contributed by atoms with Gasteiger partial charge in [-0.05, 0) is 37.8 Å². The van der Waals surface area contributed by atoms with Gasteiger partial charge in [0, 0.05) is 12.2 Å². The topological polar surface area (TPSA) is 42.2 Å². The van der Waals surface area contributed by atoms with Crippen LogP contribution in [0.3, 0.4) is 0 Å². The molecule has 0 spiro atoms. The molecule has 0 saturated heterocycles. The molecule has 90 valence electrons. The monoisotopic (exact) mass is 250 g/mol. The van der Waals surface area contributed by atoms with E-state index < -0.39 is 0 Å².